The topological polar surface area (TPSA) is 50.1 Å². The Labute approximate surface area is 72.3 Å². The summed E-state index contributed by atoms with van der Waals surface area (Å²) >= 11 is 0. The van der Waals surface area contributed by atoms with Crippen LogP contribution >= 0.6 is 0 Å². The minimum Gasteiger partial charge on any atom is -0.367 e. The number of rotatable bonds is 2. The summed E-state index contributed by atoms with van der Waals surface area (Å²) < 4.78 is 5.35. The maximum absolute atomic E-state index is 11.4. The summed E-state index contributed by atoms with van der Waals surface area (Å²) in [6.45, 7) is 3.57. The lowest BCUT2D eigenvalue weighted by atomic mass is 10.0. The third kappa shape index (κ3) is 1.83. The average Bonchev–Trinajstić information content (AvgIpc) is 2.49. The molecule has 1 saturated heterocycles. The van der Waals surface area contributed by atoms with Crippen molar-refractivity contribution in [2.24, 2.45) is 5.92 Å². The Morgan fingerprint density at radius 3 is 2.75 bits per heavy atom. The van der Waals surface area contributed by atoms with Crippen molar-refractivity contribution in [3.8, 4) is 6.07 Å². The highest BCUT2D eigenvalue weighted by atomic mass is 16.5. The second kappa shape index (κ2) is 3.68. The van der Waals surface area contributed by atoms with Crippen LogP contribution < -0.4 is 0 Å². The van der Waals surface area contributed by atoms with Gasteiger partial charge in [0.25, 0.3) is 0 Å². The Morgan fingerprint density at radius 2 is 2.33 bits per heavy atom. The predicted octanol–water partition coefficient (Wildman–Crippen LogP) is 1.28. The quantitative estimate of drug-likeness (QED) is 0.622. The fourth-order valence-electron chi connectivity index (χ4n) is 1.35. The third-order valence-corrected chi connectivity index (χ3v) is 2.17. The monoisotopic (exact) mass is 167 g/mol. The van der Waals surface area contributed by atoms with E-state index in [9.17, 15) is 4.79 Å². The summed E-state index contributed by atoms with van der Waals surface area (Å²) in [4.78, 5) is 11.4. The van der Waals surface area contributed by atoms with E-state index in [4.69, 9.17) is 10.00 Å². The molecule has 3 unspecified atom stereocenters. The molecule has 0 aromatic rings. The number of ether oxygens (including phenoxy) is 1. The van der Waals surface area contributed by atoms with Gasteiger partial charge in [-0.15, -0.1) is 0 Å². The summed E-state index contributed by atoms with van der Waals surface area (Å²) in [5.41, 5.74) is 0. The SMILES string of the molecule is CC1CCC(C(=O)C(C)C#N)O1. The van der Waals surface area contributed by atoms with Crippen LogP contribution in [0.1, 0.15) is 26.7 Å². The molecule has 12 heavy (non-hydrogen) atoms. The number of carbonyl (C=O) groups is 1. The maximum atomic E-state index is 11.4. The Bertz CT molecular complexity index is 219. The Kier molecular flexibility index (Phi) is 2.83. The molecule has 0 spiro atoms. The second-order valence-corrected chi connectivity index (χ2v) is 3.27. The van der Waals surface area contributed by atoms with Crippen molar-refractivity contribution in [3.63, 3.8) is 0 Å². The van der Waals surface area contributed by atoms with E-state index < -0.39 is 5.92 Å². The lowest BCUT2D eigenvalue weighted by Crippen LogP contribution is -2.25. The van der Waals surface area contributed by atoms with Crippen molar-refractivity contribution in [3.05, 3.63) is 0 Å². The Hall–Kier alpha value is -0.880. The highest BCUT2D eigenvalue weighted by Crippen LogP contribution is 2.21. The molecule has 1 aliphatic heterocycles. The molecule has 0 aromatic carbocycles. The van der Waals surface area contributed by atoms with Gasteiger partial charge < -0.3 is 4.74 Å². The first kappa shape index (κ1) is 9.21. The molecule has 3 nitrogen and oxygen atoms in total. The molecule has 1 heterocycles. The van der Waals surface area contributed by atoms with Crippen LogP contribution in [-0.2, 0) is 9.53 Å². The molecular formula is C9H13NO2. The summed E-state index contributed by atoms with van der Waals surface area (Å²) in [7, 11) is 0. The molecule has 1 rings (SSSR count). The molecule has 1 aliphatic rings. The number of Topliss-reactive ketones (excluding diaryl/α,β-unsaturated/α-hetero) is 1. The highest BCUT2D eigenvalue weighted by Gasteiger charge is 2.30. The van der Waals surface area contributed by atoms with Gasteiger partial charge in [0.05, 0.1) is 12.2 Å². The smallest absolute Gasteiger partial charge is 0.178 e. The Balaban J connectivity index is 2.50. The molecule has 0 bridgehead atoms. The van der Waals surface area contributed by atoms with Gasteiger partial charge >= 0.3 is 0 Å². The van der Waals surface area contributed by atoms with Crippen molar-refractivity contribution < 1.29 is 9.53 Å². The van der Waals surface area contributed by atoms with Crippen LogP contribution in [0, 0.1) is 17.2 Å². The van der Waals surface area contributed by atoms with Crippen LogP contribution in [0.25, 0.3) is 0 Å². The van der Waals surface area contributed by atoms with Crippen molar-refractivity contribution in [2.75, 3.05) is 0 Å². The molecule has 0 N–H and O–H groups in total. The van der Waals surface area contributed by atoms with Gasteiger partial charge in [0.2, 0.25) is 0 Å². The summed E-state index contributed by atoms with van der Waals surface area (Å²) in [6, 6.07) is 1.93. The molecule has 3 heteroatoms. The lowest BCUT2D eigenvalue weighted by molar-refractivity contribution is -0.131. The standard InChI is InChI=1S/C9H13NO2/c1-6(5-10)9(11)8-4-3-7(2)12-8/h6-8H,3-4H2,1-2H3. The lowest BCUT2D eigenvalue weighted by Gasteiger charge is -2.10. The third-order valence-electron chi connectivity index (χ3n) is 2.17. The Morgan fingerprint density at radius 1 is 1.67 bits per heavy atom. The van der Waals surface area contributed by atoms with E-state index in [2.05, 4.69) is 0 Å². The molecule has 0 amide bonds. The van der Waals surface area contributed by atoms with Gasteiger partial charge in [-0.25, -0.2) is 0 Å². The molecule has 0 saturated carbocycles. The van der Waals surface area contributed by atoms with Crippen molar-refractivity contribution >= 4 is 5.78 Å². The van der Waals surface area contributed by atoms with Gasteiger partial charge in [0, 0.05) is 0 Å². The van der Waals surface area contributed by atoms with Crippen LogP contribution in [0.3, 0.4) is 0 Å². The molecular weight excluding hydrogens is 154 g/mol. The molecule has 0 aromatic heterocycles. The average molecular weight is 167 g/mol. The van der Waals surface area contributed by atoms with E-state index >= 15 is 0 Å². The van der Waals surface area contributed by atoms with E-state index in [-0.39, 0.29) is 18.0 Å². The molecule has 0 aliphatic carbocycles. The number of hydrogen-bond donors (Lipinski definition) is 0. The van der Waals surface area contributed by atoms with Crippen LogP contribution in [0.5, 0.6) is 0 Å². The molecule has 0 radical (unpaired) electrons. The summed E-state index contributed by atoms with van der Waals surface area (Å²) in [5.74, 6) is -0.595. The van der Waals surface area contributed by atoms with Crippen molar-refractivity contribution in [2.45, 2.75) is 38.9 Å². The molecule has 3 atom stereocenters. The number of carbonyl (C=O) groups excluding carboxylic acids is 1. The van der Waals surface area contributed by atoms with E-state index in [1.807, 2.05) is 13.0 Å². The van der Waals surface area contributed by atoms with Gasteiger partial charge in [-0.05, 0) is 26.7 Å². The van der Waals surface area contributed by atoms with Gasteiger partial charge in [-0.1, -0.05) is 0 Å². The van der Waals surface area contributed by atoms with Crippen LogP contribution in [0.4, 0.5) is 0 Å². The van der Waals surface area contributed by atoms with Gasteiger partial charge in [0.15, 0.2) is 5.78 Å². The maximum Gasteiger partial charge on any atom is 0.178 e. The largest absolute Gasteiger partial charge is 0.367 e. The van der Waals surface area contributed by atoms with Gasteiger partial charge in [0.1, 0.15) is 12.0 Å². The van der Waals surface area contributed by atoms with Gasteiger partial charge in [-0.2, -0.15) is 5.26 Å². The van der Waals surface area contributed by atoms with E-state index in [0.717, 1.165) is 12.8 Å². The molecule has 66 valence electrons. The second-order valence-electron chi connectivity index (χ2n) is 3.27. The number of nitrogens with zero attached hydrogens (tertiary/aromatic N) is 1. The predicted molar refractivity (Wildman–Crippen MR) is 43.4 cm³/mol. The minimum absolute atomic E-state index is 0.0677. The number of ketones is 1. The first-order chi connectivity index (χ1) is 5.65. The fourth-order valence-corrected chi connectivity index (χ4v) is 1.35. The van der Waals surface area contributed by atoms with Crippen LogP contribution in [0.15, 0.2) is 0 Å². The van der Waals surface area contributed by atoms with Crippen LogP contribution in [-0.4, -0.2) is 18.0 Å². The van der Waals surface area contributed by atoms with Gasteiger partial charge in [-0.3, -0.25) is 4.79 Å². The first-order valence-electron chi connectivity index (χ1n) is 4.24. The molecule has 1 fully saturated rings. The highest BCUT2D eigenvalue weighted by molar-refractivity contribution is 5.87. The zero-order chi connectivity index (χ0) is 9.14. The van der Waals surface area contributed by atoms with Crippen molar-refractivity contribution in [1.29, 1.82) is 5.26 Å². The van der Waals surface area contributed by atoms with E-state index in [1.54, 1.807) is 6.92 Å². The minimum atomic E-state index is -0.528. The summed E-state index contributed by atoms with van der Waals surface area (Å²) in [5, 5.41) is 8.51. The summed E-state index contributed by atoms with van der Waals surface area (Å²) in [6.07, 6.45) is 1.54. The number of hydrogen-bond acceptors (Lipinski definition) is 3. The normalized spacial score (nSPS) is 31.1. The zero-order valence-corrected chi connectivity index (χ0v) is 7.41. The zero-order valence-electron chi connectivity index (χ0n) is 7.41. The van der Waals surface area contributed by atoms with Crippen molar-refractivity contribution in [1.82, 2.24) is 0 Å². The number of nitriles is 1. The van der Waals surface area contributed by atoms with E-state index in [0.29, 0.717) is 0 Å². The van der Waals surface area contributed by atoms with Crippen LogP contribution in [0.2, 0.25) is 0 Å². The first-order valence-corrected chi connectivity index (χ1v) is 4.24. The fraction of sp³-hybridized carbons (Fsp3) is 0.778. The van der Waals surface area contributed by atoms with E-state index in [1.165, 1.54) is 0 Å².